The predicted octanol–water partition coefficient (Wildman–Crippen LogP) is 3.26. The van der Waals surface area contributed by atoms with Gasteiger partial charge in [0.25, 0.3) is 0 Å². The first kappa shape index (κ1) is 19.6. The first-order valence-corrected chi connectivity index (χ1v) is 11.6. The molecule has 1 aromatic heterocycles. The molecule has 1 aliphatic heterocycles. The van der Waals surface area contributed by atoms with Gasteiger partial charge in [0.15, 0.2) is 0 Å². The van der Waals surface area contributed by atoms with Crippen molar-refractivity contribution in [1.29, 1.82) is 0 Å². The number of hydrogen-bond acceptors (Lipinski definition) is 6. The summed E-state index contributed by atoms with van der Waals surface area (Å²) in [5.41, 5.74) is 3.18. The molecule has 2 bridgehead atoms. The predicted molar refractivity (Wildman–Crippen MR) is 122 cm³/mol. The van der Waals surface area contributed by atoms with Crippen LogP contribution in [0.4, 0.5) is 0 Å². The van der Waals surface area contributed by atoms with E-state index in [9.17, 15) is 14.4 Å². The molecule has 3 fully saturated rings. The molecule has 5 aliphatic rings. The van der Waals surface area contributed by atoms with Crippen LogP contribution in [0.3, 0.4) is 0 Å². The number of amides is 2. The van der Waals surface area contributed by atoms with Gasteiger partial charge in [-0.15, -0.1) is 0 Å². The van der Waals surface area contributed by atoms with Crippen molar-refractivity contribution in [1.82, 2.24) is 14.9 Å². The normalized spacial score (nSPS) is 30.4. The lowest BCUT2D eigenvalue weighted by molar-refractivity contribution is -0.148. The number of para-hydroxylation sites is 2. The Hall–Kier alpha value is -3.87. The van der Waals surface area contributed by atoms with Crippen molar-refractivity contribution in [3.63, 3.8) is 0 Å². The minimum atomic E-state index is -0.621. The van der Waals surface area contributed by atoms with Gasteiger partial charge in [-0.25, -0.2) is 9.78 Å². The summed E-state index contributed by atoms with van der Waals surface area (Å²) in [7, 11) is 0. The average molecular weight is 451 g/mol. The zero-order valence-electron chi connectivity index (χ0n) is 18.2. The van der Waals surface area contributed by atoms with Crippen LogP contribution >= 0.6 is 0 Å². The summed E-state index contributed by atoms with van der Waals surface area (Å²) in [6.07, 6.45) is 7.06. The van der Waals surface area contributed by atoms with Crippen molar-refractivity contribution in [3.8, 4) is 17.0 Å². The van der Waals surface area contributed by atoms with E-state index in [2.05, 4.69) is 22.1 Å². The third kappa shape index (κ3) is 2.86. The Morgan fingerprint density at radius 1 is 0.912 bits per heavy atom. The first-order valence-electron chi connectivity index (χ1n) is 11.6. The fraction of sp³-hybridized carbons (Fsp3) is 0.296. The third-order valence-corrected chi connectivity index (χ3v) is 7.87. The molecule has 2 amide bonds. The minimum absolute atomic E-state index is 0.142. The minimum Gasteiger partial charge on any atom is -0.425 e. The van der Waals surface area contributed by atoms with Crippen molar-refractivity contribution < 1.29 is 19.1 Å². The number of likely N-dealkylation sites (tertiary alicyclic amines) is 1. The van der Waals surface area contributed by atoms with Crippen LogP contribution in [0.25, 0.3) is 22.3 Å². The van der Waals surface area contributed by atoms with Crippen LogP contribution < -0.4 is 4.74 Å². The summed E-state index contributed by atoms with van der Waals surface area (Å²) in [5.74, 6) is 0.0282. The van der Waals surface area contributed by atoms with Gasteiger partial charge in [0.05, 0.1) is 34.8 Å². The number of carbonyl (C=O) groups excluding carboxylic acids is 3. The zero-order valence-corrected chi connectivity index (χ0v) is 18.2. The Labute approximate surface area is 195 Å². The molecule has 2 heterocycles. The number of imide groups is 1. The van der Waals surface area contributed by atoms with Crippen LogP contribution in [0.5, 0.6) is 5.75 Å². The topological polar surface area (TPSA) is 89.5 Å². The largest absolute Gasteiger partial charge is 0.425 e. The lowest BCUT2D eigenvalue weighted by atomic mass is 9.63. The Morgan fingerprint density at radius 2 is 1.56 bits per heavy atom. The van der Waals surface area contributed by atoms with Crippen molar-refractivity contribution in [2.45, 2.75) is 6.42 Å². The number of rotatable bonds is 4. The third-order valence-electron chi connectivity index (χ3n) is 7.87. The molecular weight excluding hydrogens is 430 g/mol. The van der Waals surface area contributed by atoms with E-state index >= 15 is 0 Å². The molecule has 8 rings (SSSR count). The molecule has 2 saturated carbocycles. The van der Waals surface area contributed by atoms with Gasteiger partial charge < -0.3 is 4.74 Å². The maximum atomic E-state index is 13.0. The standard InChI is InChI=1S/C27H21N3O4/c31-23(13-30-26(32)24-16-9-10-17(19-11-18(16)19)25(24)27(30)33)34-15-7-5-14(6-8-15)22-12-28-20-3-1-2-4-21(20)29-22/h1-10,12,16-19,24-25H,11,13H2/t16-,17+,18-,19-,24+,25+/m1/s1. The molecule has 0 N–H and O–H groups in total. The van der Waals surface area contributed by atoms with Gasteiger partial charge in [-0.05, 0) is 66.5 Å². The lowest BCUT2D eigenvalue weighted by Gasteiger charge is -2.37. The highest BCUT2D eigenvalue weighted by atomic mass is 16.5. The summed E-state index contributed by atoms with van der Waals surface area (Å²) < 4.78 is 5.45. The molecular formula is C27H21N3O4. The van der Waals surface area contributed by atoms with Gasteiger partial charge in [-0.3, -0.25) is 19.5 Å². The molecule has 7 nitrogen and oxygen atoms in total. The van der Waals surface area contributed by atoms with E-state index in [0.717, 1.165) is 27.9 Å². The van der Waals surface area contributed by atoms with E-state index in [1.807, 2.05) is 24.3 Å². The number of benzene rings is 2. The number of aromatic nitrogens is 2. The fourth-order valence-electron chi connectivity index (χ4n) is 6.26. The Balaban J connectivity index is 1.04. The number of hydrogen-bond donors (Lipinski definition) is 0. The summed E-state index contributed by atoms with van der Waals surface area (Å²) in [6, 6.07) is 14.6. The molecule has 6 atom stereocenters. The highest BCUT2D eigenvalue weighted by molar-refractivity contribution is 6.08. The van der Waals surface area contributed by atoms with Crippen molar-refractivity contribution >= 4 is 28.8 Å². The average Bonchev–Trinajstić information content (AvgIpc) is 3.65. The summed E-state index contributed by atoms with van der Waals surface area (Å²) in [4.78, 5) is 48.9. The summed E-state index contributed by atoms with van der Waals surface area (Å²) >= 11 is 0. The van der Waals surface area contributed by atoms with Crippen molar-refractivity contribution in [2.75, 3.05) is 6.54 Å². The zero-order chi connectivity index (χ0) is 23.0. The maximum Gasteiger partial charge on any atom is 0.331 e. The molecule has 0 unspecified atom stereocenters. The van der Waals surface area contributed by atoms with Crippen molar-refractivity contribution in [2.24, 2.45) is 35.5 Å². The van der Waals surface area contributed by atoms with Crippen LogP contribution in [-0.4, -0.2) is 39.2 Å². The number of ether oxygens (including phenoxy) is 1. The lowest BCUT2D eigenvalue weighted by Crippen LogP contribution is -2.40. The molecule has 34 heavy (non-hydrogen) atoms. The second-order valence-electron chi connectivity index (χ2n) is 9.66. The number of allylic oxidation sites excluding steroid dienone is 2. The summed E-state index contributed by atoms with van der Waals surface area (Å²) in [5, 5.41) is 0. The molecule has 7 heteroatoms. The number of fused-ring (bicyclic) bond motifs is 1. The van der Waals surface area contributed by atoms with E-state index in [1.165, 1.54) is 0 Å². The second kappa shape index (κ2) is 7.06. The number of nitrogens with zero attached hydrogens (tertiary/aromatic N) is 3. The van der Waals surface area contributed by atoms with Crippen LogP contribution in [0, 0.1) is 35.5 Å². The monoisotopic (exact) mass is 451 g/mol. The van der Waals surface area contributed by atoms with Crippen LogP contribution in [-0.2, 0) is 14.4 Å². The molecule has 168 valence electrons. The van der Waals surface area contributed by atoms with E-state index in [0.29, 0.717) is 23.3 Å². The SMILES string of the molecule is O=C(CN1C(=O)[C@H]2[C@@H]3C=C[C@@H]([C@H]4C[C@H]34)[C@@H]2C1=O)Oc1ccc(-c2cnc3ccccc3n2)cc1. The molecule has 0 radical (unpaired) electrons. The molecule has 2 aromatic carbocycles. The molecule has 3 aromatic rings. The fourth-order valence-corrected chi connectivity index (χ4v) is 6.26. The van der Waals surface area contributed by atoms with Crippen LogP contribution in [0.15, 0.2) is 66.9 Å². The summed E-state index contributed by atoms with van der Waals surface area (Å²) in [6.45, 7) is -0.350. The maximum absolute atomic E-state index is 13.0. The van der Waals surface area contributed by atoms with Gasteiger partial charge in [0.1, 0.15) is 12.3 Å². The van der Waals surface area contributed by atoms with Crippen LogP contribution in [0.1, 0.15) is 6.42 Å². The van der Waals surface area contributed by atoms with E-state index in [-0.39, 0.29) is 42.0 Å². The molecule has 1 saturated heterocycles. The van der Waals surface area contributed by atoms with E-state index in [1.54, 1.807) is 30.5 Å². The van der Waals surface area contributed by atoms with E-state index < -0.39 is 5.97 Å². The first-order chi connectivity index (χ1) is 16.6. The number of carbonyl (C=O) groups is 3. The van der Waals surface area contributed by atoms with Gasteiger partial charge in [0, 0.05) is 5.56 Å². The van der Waals surface area contributed by atoms with Crippen LogP contribution in [0.2, 0.25) is 0 Å². The van der Waals surface area contributed by atoms with Crippen molar-refractivity contribution in [3.05, 3.63) is 66.9 Å². The van der Waals surface area contributed by atoms with Gasteiger partial charge in [-0.1, -0.05) is 24.3 Å². The highest BCUT2D eigenvalue weighted by Gasteiger charge is 2.67. The molecule has 4 aliphatic carbocycles. The van der Waals surface area contributed by atoms with Gasteiger partial charge in [-0.2, -0.15) is 0 Å². The Bertz CT molecular complexity index is 1360. The Kier molecular flexibility index (Phi) is 4.07. The second-order valence-corrected chi connectivity index (χ2v) is 9.66. The van der Waals surface area contributed by atoms with E-state index in [4.69, 9.17) is 4.74 Å². The van der Waals surface area contributed by atoms with Gasteiger partial charge >= 0.3 is 5.97 Å². The number of esters is 1. The highest BCUT2D eigenvalue weighted by Crippen LogP contribution is 2.65. The smallest absolute Gasteiger partial charge is 0.331 e. The quantitative estimate of drug-likeness (QED) is 0.262. The Morgan fingerprint density at radius 3 is 2.24 bits per heavy atom. The molecule has 0 spiro atoms. The van der Waals surface area contributed by atoms with Gasteiger partial charge in [0.2, 0.25) is 11.8 Å².